The van der Waals surface area contributed by atoms with E-state index in [2.05, 4.69) is 91.1 Å². The molecule has 0 bridgehead atoms. The fourth-order valence-corrected chi connectivity index (χ4v) is 4.94. The zero-order chi connectivity index (χ0) is 15.3. The summed E-state index contributed by atoms with van der Waals surface area (Å²) in [6, 6.07) is 10.9. The van der Waals surface area contributed by atoms with Gasteiger partial charge in [0, 0.05) is 5.92 Å². The van der Waals surface area contributed by atoms with Crippen LogP contribution in [0.25, 0.3) is 0 Å². The van der Waals surface area contributed by atoms with E-state index in [1.165, 1.54) is 27.6 Å². The maximum Gasteiger partial charge on any atom is 0.00590 e. The summed E-state index contributed by atoms with van der Waals surface area (Å²) in [5.41, 5.74) is 6.49. The monoisotopic (exact) mass is 400 g/mol. The van der Waals surface area contributed by atoms with Crippen molar-refractivity contribution in [2.24, 2.45) is 11.3 Å². The minimum Gasteiger partial charge on any atom is -0.0761 e. The van der Waals surface area contributed by atoms with Crippen molar-refractivity contribution in [2.45, 2.75) is 32.6 Å². The van der Waals surface area contributed by atoms with Gasteiger partial charge in [-0.15, -0.1) is 0 Å². The third-order valence-corrected chi connectivity index (χ3v) is 6.45. The molecule has 2 atom stereocenters. The Labute approximate surface area is 146 Å². The summed E-state index contributed by atoms with van der Waals surface area (Å²) in [6.07, 6.45) is 11.9. The van der Waals surface area contributed by atoms with Crippen molar-refractivity contribution in [1.29, 1.82) is 0 Å². The SMILES string of the molecule is CC1(C)C2=C(C=CC(c3ccccc3)C2)C2=CC=C(I)CC21. The lowest BCUT2D eigenvalue weighted by atomic mass is 9.71. The molecule has 0 fully saturated rings. The summed E-state index contributed by atoms with van der Waals surface area (Å²) in [7, 11) is 0. The van der Waals surface area contributed by atoms with Crippen LogP contribution in [0.5, 0.6) is 0 Å². The van der Waals surface area contributed by atoms with Gasteiger partial charge in [0.05, 0.1) is 0 Å². The number of hydrogen-bond acceptors (Lipinski definition) is 0. The van der Waals surface area contributed by atoms with Crippen LogP contribution >= 0.6 is 22.6 Å². The van der Waals surface area contributed by atoms with E-state index in [-0.39, 0.29) is 5.41 Å². The zero-order valence-corrected chi connectivity index (χ0v) is 15.3. The van der Waals surface area contributed by atoms with Gasteiger partial charge >= 0.3 is 0 Å². The second-order valence-electron chi connectivity index (χ2n) is 7.19. The van der Waals surface area contributed by atoms with Gasteiger partial charge in [-0.25, -0.2) is 0 Å². The van der Waals surface area contributed by atoms with Gasteiger partial charge in [0.25, 0.3) is 0 Å². The molecule has 0 saturated carbocycles. The Bertz CT molecular complexity index is 728. The number of rotatable bonds is 1. The highest BCUT2D eigenvalue weighted by atomic mass is 127. The van der Waals surface area contributed by atoms with E-state index in [0.717, 1.165) is 0 Å². The van der Waals surface area contributed by atoms with Gasteiger partial charge in [-0.2, -0.15) is 0 Å². The van der Waals surface area contributed by atoms with Crippen LogP contribution in [0.4, 0.5) is 0 Å². The highest BCUT2D eigenvalue weighted by Gasteiger charge is 2.45. The average molecular weight is 400 g/mol. The van der Waals surface area contributed by atoms with Crippen LogP contribution in [0.1, 0.15) is 38.2 Å². The molecule has 0 aromatic heterocycles. The number of allylic oxidation sites excluding steroid dienone is 8. The number of hydrogen-bond donors (Lipinski definition) is 0. The molecule has 0 heterocycles. The Morgan fingerprint density at radius 2 is 1.82 bits per heavy atom. The Hall–Kier alpha value is -1.09. The molecule has 0 saturated heterocycles. The van der Waals surface area contributed by atoms with Crippen molar-refractivity contribution in [3.63, 3.8) is 0 Å². The van der Waals surface area contributed by atoms with Crippen molar-refractivity contribution in [2.75, 3.05) is 0 Å². The Morgan fingerprint density at radius 3 is 2.59 bits per heavy atom. The molecule has 0 radical (unpaired) electrons. The smallest absolute Gasteiger partial charge is 0.00590 e. The summed E-state index contributed by atoms with van der Waals surface area (Å²) < 4.78 is 1.49. The first-order chi connectivity index (χ1) is 10.6. The second kappa shape index (κ2) is 5.23. The van der Waals surface area contributed by atoms with Gasteiger partial charge in [-0.05, 0) is 67.1 Å². The molecule has 4 rings (SSSR count). The van der Waals surface area contributed by atoms with E-state index in [0.29, 0.717) is 11.8 Å². The van der Waals surface area contributed by atoms with E-state index < -0.39 is 0 Å². The highest BCUT2D eigenvalue weighted by Crippen LogP contribution is 2.58. The van der Waals surface area contributed by atoms with Crippen LogP contribution in [0.2, 0.25) is 0 Å². The van der Waals surface area contributed by atoms with E-state index >= 15 is 0 Å². The second-order valence-corrected chi connectivity index (χ2v) is 8.57. The number of halogens is 1. The molecule has 0 N–H and O–H groups in total. The summed E-state index contributed by atoms with van der Waals surface area (Å²) >= 11 is 2.50. The molecule has 3 aliphatic rings. The Kier molecular flexibility index (Phi) is 3.44. The highest BCUT2D eigenvalue weighted by molar-refractivity contribution is 14.1. The van der Waals surface area contributed by atoms with Gasteiger partial charge < -0.3 is 0 Å². The van der Waals surface area contributed by atoms with Crippen LogP contribution < -0.4 is 0 Å². The molecule has 1 heteroatoms. The molecule has 0 amide bonds. The maximum absolute atomic E-state index is 2.50. The lowest BCUT2D eigenvalue weighted by molar-refractivity contribution is 0.318. The molecule has 0 aliphatic heterocycles. The number of fused-ring (bicyclic) bond motifs is 2. The van der Waals surface area contributed by atoms with Crippen molar-refractivity contribution in [1.82, 2.24) is 0 Å². The molecule has 3 aliphatic carbocycles. The summed E-state index contributed by atoms with van der Waals surface area (Å²) in [5, 5.41) is 0. The molecule has 1 aromatic rings. The van der Waals surface area contributed by atoms with E-state index in [1.807, 2.05) is 0 Å². The number of benzene rings is 1. The van der Waals surface area contributed by atoms with Gasteiger partial charge in [0.2, 0.25) is 0 Å². The zero-order valence-electron chi connectivity index (χ0n) is 13.1. The van der Waals surface area contributed by atoms with Gasteiger partial charge in [0.15, 0.2) is 0 Å². The first-order valence-corrected chi connectivity index (χ1v) is 9.18. The first kappa shape index (κ1) is 14.5. The largest absolute Gasteiger partial charge is 0.0761 e. The van der Waals surface area contributed by atoms with Crippen molar-refractivity contribution < 1.29 is 0 Å². The first-order valence-electron chi connectivity index (χ1n) is 8.11. The van der Waals surface area contributed by atoms with Crippen molar-refractivity contribution >= 4 is 22.6 Å². The summed E-state index contributed by atoms with van der Waals surface area (Å²) in [6.45, 7) is 4.90. The standard InChI is InChI=1S/C21H21I/c1-21(2)19-12-15(14-6-4-3-5-7-14)8-10-17(19)18-11-9-16(22)13-20(18)21/h3-11,15,20H,12-13H2,1-2H3. The summed E-state index contributed by atoms with van der Waals surface area (Å²) in [4.78, 5) is 0. The maximum atomic E-state index is 2.50. The van der Waals surface area contributed by atoms with Crippen molar-refractivity contribution in [3.05, 3.63) is 80.5 Å². The third-order valence-electron chi connectivity index (χ3n) is 5.65. The topological polar surface area (TPSA) is 0 Å². The molecular weight excluding hydrogens is 379 g/mol. The lowest BCUT2D eigenvalue weighted by Gasteiger charge is -2.33. The quantitative estimate of drug-likeness (QED) is 0.483. The minimum atomic E-state index is 0.281. The minimum absolute atomic E-state index is 0.281. The van der Waals surface area contributed by atoms with Crippen LogP contribution in [0.3, 0.4) is 0 Å². The van der Waals surface area contributed by atoms with Crippen LogP contribution in [-0.2, 0) is 0 Å². The van der Waals surface area contributed by atoms with Gasteiger partial charge in [-0.3, -0.25) is 0 Å². The Morgan fingerprint density at radius 1 is 1.05 bits per heavy atom. The van der Waals surface area contributed by atoms with E-state index in [1.54, 1.807) is 11.1 Å². The van der Waals surface area contributed by atoms with Crippen molar-refractivity contribution in [3.8, 4) is 0 Å². The normalized spacial score (nSPS) is 28.9. The predicted molar refractivity (Wildman–Crippen MR) is 102 cm³/mol. The molecule has 112 valence electrons. The van der Waals surface area contributed by atoms with E-state index in [4.69, 9.17) is 0 Å². The fraction of sp³-hybridized carbons (Fsp3) is 0.333. The van der Waals surface area contributed by atoms with Crippen LogP contribution in [-0.4, -0.2) is 0 Å². The van der Waals surface area contributed by atoms with Crippen LogP contribution in [0, 0.1) is 11.3 Å². The van der Waals surface area contributed by atoms with Crippen LogP contribution in [0.15, 0.2) is 74.9 Å². The molecule has 1 aromatic carbocycles. The Balaban J connectivity index is 1.73. The molecule has 2 unspecified atom stereocenters. The lowest BCUT2D eigenvalue weighted by Crippen LogP contribution is -2.24. The average Bonchev–Trinajstić information content (AvgIpc) is 2.76. The van der Waals surface area contributed by atoms with Gasteiger partial charge in [-0.1, -0.05) is 74.1 Å². The molecular formula is C21H21I. The summed E-state index contributed by atoms with van der Waals surface area (Å²) in [5.74, 6) is 1.19. The molecule has 0 nitrogen and oxygen atoms in total. The fourth-order valence-electron chi connectivity index (χ4n) is 4.32. The van der Waals surface area contributed by atoms with E-state index in [9.17, 15) is 0 Å². The predicted octanol–water partition coefficient (Wildman–Crippen LogP) is 6.33. The third kappa shape index (κ3) is 2.17. The molecule has 22 heavy (non-hydrogen) atoms. The molecule has 0 spiro atoms. The van der Waals surface area contributed by atoms with Gasteiger partial charge in [0.1, 0.15) is 0 Å².